The maximum atomic E-state index is 14.0. The summed E-state index contributed by atoms with van der Waals surface area (Å²) in [4.78, 5) is 43.6. The van der Waals surface area contributed by atoms with Gasteiger partial charge in [0.1, 0.15) is 22.7 Å². The van der Waals surface area contributed by atoms with E-state index in [1.165, 1.54) is 0 Å². The van der Waals surface area contributed by atoms with E-state index in [2.05, 4.69) is 19.8 Å². The Labute approximate surface area is 395 Å². The van der Waals surface area contributed by atoms with Gasteiger partial charge < -0.3 is 39.0 Å². The third kappa shape index (κ3) is 11.3. The SMILES string of the molecule is CSc1ccccc1OC(O)CCN1CCC(OC(=O)CCC(=O)OC2(c3cncc4ccccc34)CCN(CCC(O)Oc3ccccc3SC)CC2)(c2cncc3ccccc23)CC1. The van der Waals surface area contributed by atoms with E-state index in [1.807, 2.05) is 122 Å². The third-order valence-electron chi connectivity index (χ3n) is 12.8. The van der Waals surface area contributed by atoms with Gasteiger partial charge in [-0.2, -0.15) is 0 Å². The summed E-state index contributed by atoms with van der Waals surface area (Å²) in [5.74, 6) is 0.342. The highest BCUT2D eigenvalue weighted by Gasteiger charge is 2.43. The van der Waals surface area contributed by atoms with E-state index in [1.54, 1.807) is 35.9 Å². The van der Waals surface area contributed by atoms with Crippen molar-refractivity contribution in [3.8, 4) is 11.5 Å². The molecular formula is C52H58N4O8S2. The van der Waals surface area contributed by atoms with Crippen molar-refractivity contribution in [3.05, 3.63) is 133 Å². The molecule has 0 bridgehead atoms. The Bertz CT molecular complexity index is 2390. The first-order valence-electron chi connectivity index (χ1n) is 22.7. The molecule has 4 heterocycles. The van der Waals surface area contributed by atoms with Gasteiger partial charge in [0.2, 0.25) is 0 Å². The predicted molar refractivity (Wildman–Crippen MR) is 259 cm³/mol. The number of carbonyl (C=O) groups is 2. The molecule has 2 aliphatic rings. The average molecular weight is 931 g/mol. The first kappa shape index (κ1) is 47.3. The van der Waals surface area contributed by atoms with Crippen LogP contribution in [0.15, 0.2) is 132 Å². The molecule has 12 nitrogen and oxygen atoms in total. The lowest BCUT2D eigenvalue weighted by Crippen LogP contribution is -2.46. The zero-order chi connectivity index (χ0) is 45.9. The van der Waals surface area contributed by atoms with Crippen LogP contribution < -0.4 is 9.47 Å². The molecule has 2 saturated heterocycles. The molecule has 0 radical (unpaired) electrons. The van der Waals surface area contributed by atoms with Gasteiger partial charge in [0, 0.05) is 134 Å². The monoisotopic (exact) mass is 930 g/mol. The predicted octanol–water partition coefficient (Wildman–Crippen LogP) is 8.95. The van der Waals surface area contributed by atoms with Gasteiger partial charge in [-0.25, -0.2) is 0 Å². The number of hydrogen-bond donors (Lipinski definition) is 2. The number of rotatable bonds is 19. The van der Waals surface area contributed by atoms with E-state index in [9.17, 15) is 19.8 Å². The Morgan fingerprint density at radius 1 is 0.576 bits per heavy atom. The van der Waals surface area contributed by atoms with E-state index >= 15 is 0 Å². The number of nitrogens with zero attached hydrogens (tertiary/aromatic N) is 4. The summed E-state index contributed by atoms with van der Waals surface area (Å²) in [6.07, 6.45) is 11.8. The Morgan fingerprint density at radius 2 is 0.955 bits per heavy atom. The standard InChI is InChI=1S/C52H58N4O8S2/c1-65-45-17-9-7-15-43(45)61-47(57)21-27-55-29-23-51(24-30-55,41-35-53-33-37-11-3-5-13-39(37)41)63-49(59)19-20-50(60)64-52(42-36-54-34-38-12-4-6-14-40(38)42)25-31-56(32-26-52)28-22-48(58)62-44-16-8-10-18-46(44)66-2/h3-18,33-36,47-48,57-58H,19-32H2,1-2H3. The van der Waals surface area contributed by atoms with Gasteiger partial charge in [-0.05, 0) is 47.5 Å². The minimum atomic E-state index is -0.975. The minimum Gasteiger partial charge on any atom is -0.464 e. The number of hydrogen-bond acceptors (Lipinski definition) is 14. The van der Waals surface area contributed by atoms with Crippen LogP contribution in [-0.2, 0) is 30.3 Å². The Hall–Kier alpha value is -5.22. The largest absolute Gasteiger partial charge is 0.464 e. The lowest BCUT2D eigenvalue weighted by Gasteiger charge is -2.42. The number of ether oxygens (including phenoxy) is 4. The number of aliphatic hydroxyl groups is 2. The number of thioether (sulfide) groups is 2. The van der Waals surface area contributed by atoms with Crippen molar-refractivity contribution < 1.29 is 38.7 Å². The second-order valence-corrected chi connectivity index (χ2v) is 18.7. The molecule has 2 N–H and O–H groups in total. The maximum absolute atomic E-state index is 14.0. The van der Waals surface area contributed by atoms with Crippen LogP contribution in [0.3, 0.4) is 0 Å². The van der Waals surface area contributed by atoms with Crippen molar-refractivity contribution in [2.45, 2.75) is 84.9 Å². The smallest absolute Gasteiger partial charge is 0.307 e. The van der Waals surface area contributed by atoms with E-state index in [-0.39, 0.29) is 12.8 Å². The highest BCUT2D eigenvalue weighted by Crippen LogP contribution is 2.43. The fourth-order valence-corrected chi connectivity index (χ4v) is 10.3. The minimum absolute atomic E-state index is 0.156. The zero-order valence-electron chi connectivity index (χ0n) is 37.6. The number of carbonyl (C=O) groups excluding carboxylic acids is 2. The summed E-state index contributed by atoms with van der Waals surface area (Å²) >= 11 is 3.14. The fourth-order valence-electron chi connectivity index (χ4n) is 9.26. The van der Waals surface area contributed by atoms with Crippen LogP contribution in [-0.4, -0.2) is 106 Å². The molecule has 346 valence electrons. The second-order valence-electron chi connectivity index (χ2n) is 17.0. The van der Waals surface area contributed by atoms with Crippen molar-refractivity contribution in [2.24, 2.45) is 0 Å². The number of esters is 2. The summed E-state index contributed by atoms with van der Waals surface area (Å²) in [5.41, 5.74) is -0.271. The van der Waals surface area contributed by atoms with Crippen LogP contribution in [0.2, 0.25) is 0 Å². The molecule has 0 aliphatic carbocycles. The van der Waals surface area contributed by atoms with E-state index in [0.717, 1.165) is 42.5 Å². The fraction of sp³-hybridized carbons (Fsp3) is 0.385. The summed E-state index contributed by atoms with van der Waals surface area (Å²) in [6.45, 7) is 3.66. The molecule has 4 aromatic carbocycles. The normalized spacial score (nSPS) is 17.2. The molecule has 0 spiro atoms. The van der Waals surface area contributed by atoms with Crippen molar-refractivity contribution >= 4 is 57.0 Å². The Balaban J connectivity index is 0.920. The van der Waals surface area contributed by atoms with Gasteiger partial charge in [-0.15, -0.1) is 23.5 Å². The summed E-state index contributed by atoms with van der Waals surface area (Å²) in [7, 11) is 0. The number of likely N-dealkylation sites (tertiary alicyclic amines) is 2. The van der Waals surface area contributed by atoms with Gasteiger partial charge in [0.15, 0.2) is 12.6 Å². The number of aliphatic hydroxyl groups excluding tert-OH is 2. The van der Waals surface area contributed by atoms with Crippen LogP contribution in [0.4, 0.5) is 0 Å². The van der Waals surface area contributed by atoms with Crippen molar-refractivity contribution in [1.29, 1.82) is 0 Å². The lowest BCUT2D eigenvalue weighted by molar-refractivity contribution is -0.174. The molecule has 66 heavy (non-hydrogen) atoms. The van der Waals surface area contributed by atoms with Crippen LogP contribution >= 0.6 is 23.5 Å². The molecule has 2 aromatic heterocycles. The quantitative estimate of drug-likeness (QED) is 0.0453. The lowest BCUT2D eigenvalue weighted by atomic mass is 9.82. The van der Waals surface area contributed by atoms with Gasteiger partial charge >= 0.3 is 11.9 Å². The summed E-state index contributed by atoms with van der Waals surface area (Å²) in [5, 5.41) is 25.5. The van der Waals surface area contributed by atoms with Crippen molar-refractivity contribution in [3.63, 3.8) is 0 Å². The summed E-state index contributed by atoms with van der Waals surface area (Å²) in [6, 6.07) is 31.3. The topological polar surface area (TPSA) is 144 Å². The first-order chi connectivity index (χ1) is 32.2. The molecule has 2 atom stereocenters. The molecule has 14 heteroatoms. The van der Waals surface area contributed by atoms with Gasteiger partial charge in [0.25, 0.3) is 0 Å². The van der Waals surface area contributed by atoms with Crippen LogP contribution in [0, 0.1) is 0 Å². The molecule has 6 aromatic rings. The summed E-state index contributed by atoms with van der Waals surface area (Å²) < 4.78 is 24.9. The number of benzene rings is 4. The number of fused-ring (bicyclic) bond motifs is 2. The van der Waals surface area contributed by atoms with Crippen molar-refractivity contribution in [2.75, 3.05) is 51.8 Å². The Kier molecular flexibility index (Phi) is 15.8. The van der Waals surface area contributed by atoms with E-state index in [0.29, 0.717) is 89.3 Å². The number of para-hydroxylation sites is 2. The van der Waals surface area contributed by atoms with Crippen LogP contribution in [0.25, 0.3) is 21.5 Å². The van der Waals surface area contributed by atoms with E-state index in [4.69, 9.17) is 18.9 Å². The molecular weight excluding hydrogens is 873 g/mol. The third-order valence-corrected chi connectivity index (χ3v) is 14.4. The average Bonchev–Trinajstić information content (AvgIpc) is 3.35. The highest BCUT2D eigenvalue weighted by molar-refractivity contribution is 7.99. The van der Waals surface area contributed by atoms with Gasteiger partial charge in [-0.3, -0.25) is 19.6 Å². The number of aromatic nitrogens is 2. The molecule has 2 fully saturated rings. The molecule has 2 unspecified atom stereocenters. The molecule has 0 saturated carbocycles. The second kappa shape index (κ2) is 22.1. The molecule has 2 aliphatic heterocycles. The van der Waals surface area contributed by atoms with Crippen LogP contribution in [0.5, 0.6) is 11.5 Å². The highest BCUT2D eigenvalue weighted by atomic mass is 32.2. The van der Waals surface area contributed by atoms with E-state index < -0.39 is 35.7 Å². The molecule has 0 amide bonds. The Morgan fingerprint density at radius 3 is 1.36 bits per heavy atom. The number of pyridine rings is 2. The zero-order valence-corrected chi connectivity index (χ0v) is 39.2. The van der Waals surface area contributed by atoms with Gasteiger partial charge in [0.05, 0.1) is 12.8 Å². The maximum Gasteiger partial charge on any atom is 0.307 e. The number of piperidine rings is 2. The molecule has 8 rings (SSSR count). The first-order valence-corrected chi connectivity index (χ1v) is 25.1. The van der Waals surface area contributed by atoms with Crippen LogP contribution in [0.1, 0.15) is 62.5 Å². The van der Waals surface area contributed by atoms with Crippen molar-refractivity contribution in [1.82, 2.24) is 19.8 Å². The van der Waals surface area contributed by atoms with Gasteiger partial charge in [-0.1, -0.05) is 72.8 Å².